The summed E-state index contributed by atoms with van der Waals surface area (Å²) in [6.45, 7) is 4.56. The maximum absolute atomic E-state index is 13.1. The molecule has 32 heavy (non-hydrogen) atoms. The molecule has 2 aliphatic rings. The number of hydrogen-bond donors (Lipinski definition) is 5. The molecule has 13 N–H and O–H groups in total. The van der Waals surface area contributed by atoms with Crippen molar-refractivity contribution in [3.05, 3.63) is 35.6 Å². The van der Waals surface area contributed by atoms with Gasteiger partial charge >= 0.3 is 0 Å². The van der Waals surface area contributed by atoms with Crippen LogP contribution in [0.5, 0.6) is 0 Å². The minimum absolute atomic E-state index is 0. The molecule has 3 heterocycles. The van der Waals surface area contributed by atoms with Gasteiger partial charge in [-0.2, -0.15) is 15.0 Å². The smallest absolute Gasteiger partial charge is 0.231 e. The summed E-state index contributed by atoms with van der Waals surface area (Å²) in [5, 5.41) is 3.30. The average Bonchev–Trinajstić information content (AvgIpc) is 2.74. The normalized spacial score (nSPS) is 15.0. The van der Waals surface area contributed by atoms with Gasteiger partial charge in [-0.25, -0.2) is 4.39 Å². The number of halogens is 2. The van der Waals surface area contributed by atoms with Gasteiger partial charge in [-0.05, 0) is 56.2 Å². The van der Waals surface area contributed by atoms with Crippen molar-refractivity contribution >= 4 is 30.3 Å². The van der Waals surface area contributed by atoms with Crippen LogP contribution < -0.4 is 39.7 Å². The second-order valence-electron chi connectivity index (χ2n) is 7.33. The number of benzene rings is 1. The molecule has 2 aliphatic heterocycles. The quantitative estimate of drug-likeness (QED) is 0.354. The Bertz CT molecular complexity index is 734. The molecule has 1 aromatic heterocycles. The number of rotatable bonds is 5. The van der Waals surface area contributed by atoms with E-state index in [1.54, 1.807) is 12.1 Å². The van der Waals surface area contributed by atoms with Crippen LogP contribution in [0.1, 0.15) is 49.8 Å². The molecule has 0 aliphatic carbocycles. The predicted molar refractivity (Wildman–Crippen MR) is 141 cm³/mol. The van der Waals surface area contributed by atoms with E-state index in [1.165, 1.54) is 50.7 Å². The first kappa shape index (κ1) is 31.9. The standard InChI is InChI=1S/C20H27FN6.ClH.4H3N.4H2/c21-17-9-7-16(8-10-17)15-22-18-23-19(26-11-3-1-4-12-26)25-20(24-18)27-13-5-2-6-14-27;;;;;;;;;/h7-10H,1-6,11-15H2,(H,22,23,24,25);1H;4*1H3;4*1H. The molecule has 1 aromatic carbocycles. The van der Waals surface area contributed by atoms with Crippen molar-refractivity contribution < 1.29 is 10.1 Å². The maximum Gasteiger partial charge on any atom is 0.231 e. The molecular weight excluding hydrogens is 435 g/mol. The summed E-state index contributed by atoms with van der Waals surface area (Å²) in [5.74, 6) is 1.91. The Balaban J connectivity index is -0.000000250. The van der Waals surface area contributed by atoms with Crippen molar-refractivity contribution in [2.24, 2.45) is 0 Å². The van der Waals surface area contributed by atoms with Crippen molar-refractivity contribution in [2.45, 2.75) is 45.1 Å². The van der Waals surface area contributed by atoms with Crippen LogP contribution in [0.3, 0.4) is 0 Å². The molecule has 0 radical (unpaired) electrons. The zero-order chi connectivity index (χ0) is 18.5. The van der Waals surface area contributed by atoms with E-state index in [2.05, 4.69) is 25.1 Å². The molecule has 2 saturated heterocycles. The number of piperidine rings is 2. The van der Waals surface area contributed by atoms with E-state index < -0.39 is 0 Å². The van der Waals surface area contributed by atoms with Gasteiger partial charge in [0, 0.05) is 38.4 Å². The first-order chi connectivity index (χ1) is 13.3. The molecule has 10 nitrogen and oxygen atoms in total. The van der Waals surface area contributed by atoms with Crippen LogP contribution in [-0.4, -0.2) is 41.1 Å². The van der Waals surface area contributed by atoms with Gasteiger partial charge in [0.25, 0.3) is 0 Å². The lowest BCUT2D eigenvalue weighted by Crippen LogP contribution is -2.34. The summed E-state index contributed by atoms with van der Waals surface area (Å²) in [7, 11) is 0. The van der Waals surface area contributed by atoms with Crippen LogP contribution in [-0.2, 0) is 6.54 Å². The summed E-state index contributed by atoms with van der Waals surface area (Å²) in [5.41, 5.74) is 0.996. The second-order valence-corrected chi connectivity index (χ2v) is 7.33. The van der Waals surface area contributed by atoms with Crippen LogP contribution >= 0.6 is 12.4 Å². The summed E-state index contributed by atoms with van der Waals surface area (Å²) < 4.78 is 13.1. The molecule has 0 saturated carbocycles. The Morgan fingerprint density at radius 3 is 1.59 bits per heavy atom. The lowest BCUT2D eigenvalue weighted by molar-refractivity contribution is 0.556. The SMILES string of the molecule is Cl.Fc1ccc(CNc2nc(N3CCCCC3)nc(N3CCCCC3)n2)cc1.N.N.N.N.[HH].[HH].[HH].[HH]. The Morgan fingerprint density at radius 2 is 1.16 bits per heavy atom. The Kier molecular flexibility index (Phi) is 15.4. The second kappa shape index (κ2) is 15.5. The molecule has 0 atom stereocenters. The summed E-state index contributed by atoms with van der Waals surface area (Å²) in [6.07, 6.45) is 7.28. The van der Waals surface area contributed by atoms with Crippen LogP contribution in [0.15, 0.2) is 24.3 Å². The van der Waals surface area contributed by atoms with Crippen molar-refractivity contribution in [1.82, 2.24) is 39.6 Å². The van der Waals surface area contributed by atoms with Crippen LogP contribution in [0.2, 0.25) is 0 Å². The Hall–Kier alpha value is -2.31. The fourth-order valence-corrected chi connectivity index (χ4v) is 3.69. The first-order valence-electron chi connectivity index (χ1n) is 10.0. The summed E-state index contributed by atoms with van der Waals surface area (Å²) in [4.78, 5) is 18.7. The third-order valence-corrected chi connectivity index (χ3v) is 5.25. The van der Waals surface area contributed by atoms with E-state index in [9.17, 15) is 4.39 Å². The zero-order valence-electron chi connectivity index (χ0n) is 18.9. The Morgan fingerprint density at radius 1 is 0.719 bits per heavy atom. The van der Waals surface area contributed by atoms with Gasteiger partial charge < -0.3 is 39.7 Å². The predicted octanol–water partition coefficient (Wildman–Crippen LogP) is 5.66. The maximum atomic E-state index is 13.1. The molecule has 0 spiro atoms. The monoisotopic (exact) mass is 482 g/mol. The van der Waals surface area contributed by atoms with E-state index in [1.807, 2.05) is 0 Å². The van der Waals surface area contributed by atoms with Gasteiger partial charge in [-0.15, -0.1) is 12.4 Å². The van der Waals surface area contributed by atoms with Crippen molar-refractivity contribution in [2.75, 3.05) is 41.3 Å². The highest BCUT2D eigenvalue weighted by atomic mass is 35.5. The topological polar surface area (TPSA) is 197 Å². The van der Waals surface area contributed by atoms with Crippen LogP contribution in [0.4, 0.5) is 22.2 Å². The number of nitrogens with zero attached hydrogens (tertiary/aromatic N) is 5. The molecule has 0 unspecified atom stereocenters. The van der Waals surface area contributed by atoms with Crippen molar-refractivity contribution in [1.29, 1.82) is 0 Å². The molecular formula is C20H48ClFN10. The summed E-state index contributed by atoms with van der Waals surface area (Å²) in [6, 6.07) is 6.51. The van der Waals surface area contributed by atoms with Gasteiger partial charge in [0.05, 0.1) is 0 Å². The van der Waals surface area contributed by atoms with Gasteiger partial charge in [-0.3, -0.25) is 0 Å². The van der Waals surface area contributed by atoms with E-state index in [-0.39, 0.29) is 48.5 Å². The highest BCUT2D eigenvalue weighted by molar-refractivity contribution is 5.85. The lowest BCUT2D eigenvalue weighted by Gasteiger charge is -2.30. The van der Waals surface area contributed by atoms with Crippen molar-refractivity contribution in [3.63, 3.8) is 0 Å². The molecule has 0 amide bonds. The summed E-state index contributed by atoms with van der Waals surface area (Å²) >= 11 is 0. The highest BCUT2D eigenvalue weighted by Crippen LogP contribution is 2.22. The van der Waals surface area contributed by atoms with Gasteiger partial charge in [0.2, 0.25) is 17.8 Å². The van der Waals surface area contributed by atoms with E-state index in [0.717, 1.165) is 43.6 Å². The third-order valence-electron chi connectivity index (χ3n) is 5.25. The Labute approximate surface area is 202 Å². The van der Waals surface area contributed by atoms with Crippen LogP contribution in [0.25, 0.3) is 0 Å². The van der Waals surface area contributed by atoms with E-state index in [0.29, 0.717) is 12.5 Å². The van der Waals surface area contributed by atoms with Gasteiger partial charge in [-0.1, -0.05) is 12.1 Å². The lowest BCUT2D eigenvalue weighted by atomic mass is 10.1. The minimum atomic E-state index is -0.223. The fraction of sp³-hybridized carbons (Fsp3) is 0.550. The molecule has 192 valence electrons. The van der Waals surface area contributed by atoms with E-state index >= 15 is 0 Å². The zero-order valence-corrected chi connectivity index (χ0v) is 19.8. The molecule has 12 heteroatoms. The van der Waals surface area contributed by atoms with E-state index in [4.69, 9.17) is 4.98 Å². The average molecular weight is 483 g/mol. The molecule has 4 rings (SSSR count). The number of anilines is 3. The number of hydrogen-bond acceptors (Lipinski definition) is 10. The third kappa shape index (κ3) is 8.32. The highest BCUT2D eigenvalue weighted by Gasteiger charge is 2.20. The minimum Gasteiger partial charge on any atom is -0.350 e. The number of nitrogens with one attached hydrogen (secondary N) is 1. The molecule has 2 fully saturated rings. The first-order valence-corrected chi connectivity index (χ1v) is 10.0. The van der Waals surface area contributed by atoms with Gasteiger partial charge in [0.15, 0.2) is 0 Å². The molecule has 0 bridgehead atoms. The number of aromatic nitrogens is 3. The van der Waals surface area contributed by atoms with Crippen molar-refractivity contribution in [3.8, 4) is 0 Å². The van der Waals surface area contributed by atoms with Gasteiger partial charge in [0.1, 0.15) is 5.82 Å². The molecule has 2 aromatic rings. The largest absolute Gasteiger partial charge is 0.350 e. The van der Waals surface area contributed by atoms with Crippen LogP contribution in [0, 0.1) is 5.82 Å². The fourth-order valence-electron chi connectivity index (χ4n) is 3.69.